The van der Waals surface area contributed by atoms with E-state index < -0.39 is 0 Å². The van der Waals surface area contributed by atoms with E-state index in [1.165, 1.54) is 5.39 Å². The van der Waals surface area contributed by atoms with Crippen molar-refractivity contribution < 1.29 is 4.74 Å². The molecular weight excluding hydrogens is 212 g/mol. The number of para-hydroxylation sites is 1. The van der Waals surface area contributed by atoms with Crippen LogP contribution in [0.4, 0.5) is 5.69 Å². The van der Waals surface area contributed by atoms with Crippen LogP contribution >= 0.6 is 0 Å². The molecule has 2 heterocycles. The van der Waals surface area contributed by atoms with E-state index in [4.69, 9.17) is 4.74 Å². The van der Waals surface area contributed by atoms with Crippen LogP contribution in [0, 0.1) is 0 Å². The van der Waals surface area contributed by atoms with Gasteiger partial charge in [-0.1, -0.05) is 18.2 Å². The van der Waals surface area contributed by atoms with Gasteiger partial charge in [0.05, 0.1) is 17.7 Å². The SMILES string of the molecule is CC1(Nc2ccnc3ccccc23)CCOC1. The fraction of sp³-hybridized carbons (Fsp3) is 0.357. The van der Waals surface area contributed by atoms with Crippen LogP contribution in [0.5, 0.6) is 0 Å². The fourth-order valence-corrected chi connectivity index (χ4v) is 2.30. The summed E-state index contributed by atoms with van der Waals surface area (Å²) < 4.78 is 5.47. The van der Waals surface area contributed by atoms with Gasteiger partial charge in [-0.3, -0.25) is 4.98 Å². The van der Waals surface area contributed by atoms with Crippen molar-refractivity contribution in [2.45, 2.75) is 18.9 Å². The molecule has 2 aromatic rings. The van der Waals surface area contributed by atoms with Crippen molar-refractivity contribution in [1.29, 1.82) is 0 Å². The second-order valence-corrected chi connectivity index (χ2v) is 4.86. The third-order valence-corrected chi connectivity index (χ3v) is 3.30. The van der Waals surface area contributed by atoms with Crippen molar-refractivity contribution in [1.82, 2.24) is 4.98 Å². The average Bonchev–Trinajstić information content (AvgIpc) is 2.76. The van der Waals surface area contributed by atoms with E-state index in [9.17, 15) is 0 Å². The molecule has 3 nitrogen and oxygen atoms in total. The summed E-state index contributed by atoms with van der Waals surface area (Å²) in [5, 5.41) is 4.76. The normalized spacial score (nSPS) is 24.1. The third kappa shape index (κ3) is 1.98. The van der Waals surface area contributed by atoms with Gasteiger partial charge in [0, 0.05) is 23.9 Å². The minimum absolute atomic E-state index is 0.0458. The zero-order valence-corrected chi connectivity index (χ0v) is 9.94. The fourth-order valence-electron chi connectivity index (χ4n) is 2.30. The van der Waals surface area contributed by atoms with Gasteiger partial charge in [-0.05, 0) is 25.5 Å². The Kier molecular flexibility index (Phi) is 2.48. The number of hydrogen-bond acceptors (Lipinski definition) is 3. The number of pyridine rings is 1. The molecule has 1 unspecified atom stereocenters. The first kappa shape index (κ1) is 10.5. The Morgan fingerprint density at radius 2 is 2.18 bits per heavy atom. The van der Waals surface area contributed by atoms with Gasteiger partial charge >= 0.3 is 0 Å². The molecule has 3 heteroatoms. The topological polar surface area (TPSA) is 34.2 Å². The summed E-state index contributed by atoms with van der Waals surface area (Å²) in [6.07, 6.45) is 2.90. The predicted octanol–water partition coefficient (Wildman–Crippen LogP) is 2.83. The molecule has 0 aliphatic carbocycles. The number of benzene rings is 1. The second-order valence-electron chi connectivity index (χ2n) is 4.86. The van der Waals surface area contributed by atoms with Gasteiger partial charge in [0.25, 0.3) is 0 Å². The van der Waals surface area contributed by atoms with Crippen LogP contribution in [0.2, 0.25) is 0 Å². The standard InChI is InChI=1S/C14H16N2O/c1-14(7-9-17-10-14)16-13-6-8-15-12-5-3-2-4-11(12)13/h2-6,8H,7,9-10H2,1H3,(H,15,16). The first-order chi connectivity index (χ1) is 8.27. The first-order valence-electron chi connectivity index (χ1n) is 5.97. The Morgan fingerprint density at radius 1 is 1.29 bits per heavy atom. The first-order valence-corrected chi connectivity index (χ1v) is 5.97. The Morgan fingerprint density at radius 3 is 3.00 bits per heavy atom. The van der Waals surface area contributed by atoms with E-state index in [0.29, 0.717) is 0 Å². The molecule has 0 saturated carbocycles. The molecule has 0 spiro atoms. The molecule has 17 heavy (non-hydrogen) atoms. The lowest BCUT2D eigenvalue weighted by Gasteiger charge is -2.25. The molecule has 1 atom stereocenters. The summed E-state index contributed by atoms with van der Waals surface area (Å²) >= 11 is 0. The number of fused-ring (bicyclic) bond motifs is 1. The van der Waals surface area contributed by atoms with E-state index in [0.717, 1.165) is 30.8 Å². The third-order valence-electron chi connectivity index (χ3n) is 3.30. The highest BCUT2D eigenvalue weighted by atomic mass is 16.5. The minimum Gasteiger partial charge on any atom is -0.379 e. The zero-order valence-electron chi connectivity index (χ0n) is 9.94. The molecule has 1 aromatic heterocycles. The molecule has 1 aromatic carbocycles. The average molecular weight is 228 g/mol. The Balaban J connectivity index is 2.00. The molecule has 0 bridgehead atoms. The van der Waals surface area contributed by atoms with Gasteiger partial charge in [-0.25, -0.2) is 0 Å². The van der Waals surface area contributed by atoms with Gasteiger partial charge in [-0.2, -0.15) is 0 Å². The van der Waals surface area contributed by atoms with Crippen molar-refractivity contribution in [3.05, 3.63) is 36.5 Å². The minimum atomic E-state index is 0.0458. The lowest BCUT2D eigenvalue weighted by molar-refractivity contribution is 0.185. The van der Waals surface area contributed by atoms with E-state index in [1.54, 1.807) is 0 Å². The van der Waals surface area contributed by atoms with Crippen LogP contribution in [0.15, 0.2) is 36.5 Å². The van der Waals surface area contributed by atoms with Crippen molar-refractivity contribution in [2.24, 2.45) is 0 Å². The summed E-state index contributed by atoms with van der Waals surface area (Å²) in [5.41, 5.74) is 2.22. The number of ether oxygens (including phenoxy) is 1. The number of aromatic nitrogens is 1. The molecule has 1 N–H and O–H groups in total. The van der Waals surface area contributed by atoms with Crippen LogP contribution < -0.4 is 5.32 Å². The summed E-state index contributed by atoms with van der Waals surface area (Å²) in [4.78, 5) is 4.37. The lowest BCUT2D eigenvalue weighted by atomic mass is 10.0. The molecular formula is C14H16N2O. The smallest absolute Gasteiger partial charge is 0.0722 e. The number of nitrogens with zero attached hydrogens (tertiary/aromatic N) is 1. The highest BCUT2D eigenvalue weighted by molar-refractivity contribution is 5.91. The molecule has 1 fully saturated rings. The summed E-state index contributed by atoms with van der Waals surface area (Å²) in [6, 6.07) is 10.2. The lowest BCUT2D eigenvalue weighted by Crippen LogP contribution is -2.34. The van der Waals surface area contributed by atoms with Gasteiger partial charge in [-0.15, -0.1) is 0 Å². The van der Waals surface area contributed by atoms with Gasteiger partial charge in [0.1, 0.15) is 0 Å². The molecule has 0 radical (unpaired) electrons. The predicted molar refractivity (Wildman–Crippen MR) is 69.2 cm³/mol. The zero-order chi connectivity index (χ0) is 11.7. The Bertz CT molecular complexity index is 527. The van der Waals surface area contributed by atoms with Crippen LogP contribution in [0.25, 0.3) is 10.9 Å². The van der Waals surface area contributed by atoms with Crippen molar-refractivity contribution >= 4 is 16.6 Å². The molecule has 88 valence electrons. The summed E-state index contributed by atoms with van der Waals surface area (Å²) in [7, 11) is 0. The summed E-state index contributed by atoms with van der Waals surface area (Å²) in [5.74, 6) is 0. The summed E-state index contributed by atoms with van der Waals surface area (Å²) in [6.45, 7) is 3.81. The second kappa shape index (κ2) is 4.00. The number of nitrogens with one attached hydrogen (secondary N) is 1. The van der Waals surface area contributed by atoms with Crippen LogP contribution in [-0.4, -0.2) is 23.7 Å². The Hall–Kier alpha value is -1.61. The molecule has 1 aliphatic rings. The van der Waals surface area contributed by atoms with Crippen LogP contribution in [0.1, 0.15) is 13.3 Å². The number of hydrogen-bond donors (Lipinski definition) is 1. The number of rotatable bonds is 2. The number of anilines is 1. The van der Waals surface area contributed by atoms with E-state index in [2.05, 4.69) is 23.3 Å². The molecule has 3 rings (SSSR count). The molecule has 0 amide bonds. The van der Waals surface area contributed by atoms with Crippen molar-refractivity contribution in [2.75, 3.05) is 18.5 Å². The maximum absolute atomic E-state index is 5.47. The van der Waals surface area contributed by atoms with Crippen LogP contribution in [0.3, 0.4) is 0 Å². The Labute approximate surface area is 101 Å². The highest BCUT2D eigenvalue weighted by Crippen LogP contribution is 2.28. The van der Waals surface area contributed by atoms with E-state index >= 15 is 0 Å². The van der Waals surface area contributed by atoms with Gasteiger partial charge < -0.3 is 10.1 Å². The quantitative estimate of drug-likeness (QED) is 0.858. The van der Waals surface area contributed by atoms with Gasteiger partial charge in [0.15, 0.2) is 0 Å². The van der Waals surface area contributed by atoms with E-state index in [-0.39, 0.29) is 5.54 Å². The van der Waals surface area contributed by atoms with Crippen LogP contribution in [-0.2, 0) is 4.74 Å². The van der Waals surface area contributed by atoms with E-state index in [1.807, 2.05) is 30.5 Å². The maximum Gasteiger partial charge on any atom is 0.0722 e. The van der Waals surface area contributed by atoms with Gasteiger partial charge in [0.2, 0.25) is 0 Å². The maximum atomic E-state index is 5.47. The van der Waals surface area contributed by atoms with Crippen molar-refractivity contribution in [3.8, 4) is 0 Å². The largest absolute Gasteiger partial charge is 0.379 e. The molecule has 1 saturated heterocycles. The highest BCUT2D eigenvalue weighted by Gasteiger charge is 2.29. The molecule has 1 aliphatic heterocycles. The van der Waals surface area contributed by atoms with Crippen molar-refractivity contribution in [3.63, 3.8) is 0 Å². The monoisotopic (exact) mass is 228 g/mol.